The van der Waals surface area contributed by atoms with Gasteiger partial charge in [0.25, 0.3) is 0 Å². The number of hydrogen-bond donors (Lipinski definition) is 2. The van der Waals surface area contributed by atoms with Crippen LogP contribution in [0.4, 0.5) is 0 Å². The zero-order chi connectivity index (χ0) is 16.5. The fraction of sp³-hybridized carbons (Fsp3) is 0.857. The SMILES string of the molecule is O=C(CCCCC(=O)OCCOCCO)OCCOCCO. The van der Waals surface area contributed by atoms with Crippen molar-refractivity contribution >= 4 is 11.9 Å². The van der Waals surface area contributed by atoms with E-state index in [9.17, 15) is 9.59 Å². The summed E-state index contributed by atoms with van der Waals surface area (Å²) in [6.07, 6.45) is 1.58. The van der Waals surface area contributed by atoms with Crippen molar-refractivity contribution in [2.75, 3.05) is 52.9 Å². The van der Waals surface area contributed by atoms with E-state index in [1.807, 2.05) is 0 Å². The van der Waals surface area contributed by atoms with E-state index < -0.39 is 0 Å². The Morgan fingerprint density at radius 1 is 0.636 bits per heavy atom. The van der Waals surface area contributed by atoms with Gasteiger partial charge >= 0.3 is 11.9 Å². The van der Waals surface area contributed by atoms with E-state index in [-0.39, 0.29) is 77.6 Å². The predicted octanol–water partition coefficient (Wildman–Crippen LogP) is -0.349. The lowest BCUT2D eigenvalue weighted by molar-refractivity contribution is -0.147. The molecule has 0 amide bonds. The highest BCUT2D eigenvalue weighted by molar-refractivity contribution is 5.70. The first kappa shape index (κ1) is 20.8. The Morgan fingerprint density at radius 2 is 1.05 bits per heavy atom. The Bertz CT molecular complexity index is 254. The minimum absolute atomic E-state index is 0.0579. The summed E-state index contributed by atoms with van der Waals surface area (Å²) < 4.78 is 19.7. The van der Waals surface area contributed by atoms with Crippen LogP contribution in [0.5, 0.6) is 0 Å². The van der Waals surface area contributed by atoms with Crippen LogP contribution in [0.3, 0.4) is 0 Å². The molecule has 0 heterocycles. The zero-order valence-electron chi connectivity index (χ0n) is 12.8. The van der Waals surface area contributed by atoms with Gasteiger partial charge in [-0.05, 0) is 12.8 Å². The molecule has 22 heavy (non-hydrogen) atoms. The number of esters is 2. The highest BCUT2D eigenvalue weighted by atomic mass is 16.6. The minimum atomic E-state index is -0.335. The standard InChI is InChI=1S/C14H26O8/c15-5-7-19-9-11-21-13(17)3-1-2-4-14(18)22-12-10-20-8-6-16/h15-16H,1-12H2. The predicted molar refractivity (Wildman–Crippen MR) is 76.2 cm³/mol. The van der Waals surface area contributed by atoms with Gasteiger partial charge in [0.05, 0.1) is 39.6 Å². The molecule has 0 aromatic heterocycles. The monoisotopic (exact) mass is 322 g/mol. The fourth-order valence-electron chi connectivity index (χ4n) is 1.45. The number of aliphatic hydroxyl groups is 2. The molecule has 0 rings (SSSR count). The van der Waals surface area contributed by atoms with Crippen LogP contribution in [0.1, 0.15) is 25.7 Å². The third kappa shape index (κ3) is 15.2. The molecule has 8 nitrogen and oxygen atoms in total. The molecule has 0 saturated carbocycles. The van der Waals surface area contributed by atoms with E-state index in [4.69, 9.17) is 29.2 Å². The maximum Gasteiger partial charge on any atom is 0.305 e. The zero-order valence-corrected chi connectivity index (χ0v) is 12.8. The second-order valence-electron chi connectivity index (χ2n) is 4.32. The Kier molecular flexibility index (Phi) is 15.3. The van der Waals surface area contributed by atoms with Crippen molar-refractivity contribution in [1.29, 1.82) is 0 Å². The van der Waals surface area contributed by atoms with E-state index in [2.05, 4.69) is 0 Å². The number of ether oxygens (including phenoxy) is 4. The normalized spacial score (nSPS) is 10.5. The lowest BCUT2D eigenvalue weighted by Gasteiger charge is -2.06. The van der Waals surface area contributed by atoms with Crippen LogP contribution in [0.2, 0.25) is 0 Å². The Morgan fingerprint density at radius 3 is 1.41 bits per heavy atom. The average Bonchev–Trinajstić information content (AvgIpc) is 2.51. The molecule has 0 atom stereocenters. The van der Waals surface area contributed by atoms with Crippen LogP contribution < -0.4 is 0 Å². The first-order chi connectivity index (χ1) is 10.7. The Labute approximate surface area is 130 Å². The number of carbonyl (C=O) groups is 2. The minimum Gasteiger partial charge on any atom is -0.463 e. The highest BCUT2D eigenvalue weighted by Crippen LogP contribution is 2.03. The first-order valence-corrected chi connectivity index (χ1v) is 7.39. The van der Waals surface area contributed by atoms with Gasteiger partial charge in [0, 0.05) is 12.8 Å². The summed E-state index contributed by atoms with van der Waals surface area (Å²) >= 11 is 0. The largest absolute Gasteiger partial charge is 0.463 e. The van der Waals surface area contributed by atoms with Crippen molar-refractivity contribution in [2.24, 2.45) is 0 Å². The summed E-state index contributed by atoms with van der Waals surface area (Å²) in [5.41, 5.74) is 0. The smallest absolute Gasteiger partial charge is 0.305 e. The molecule has 0 radical (unpaired) electrons. The number of aliphatic hydroxyl groups excluding tert-OH is 2. The molecule has 0 saturated heterocycles. The maximum atomic E-state index is 11.3. The van der Waals surface area contributed by atoms with Crippen molar-refractivity contribution < 1.29 is 38.7 Å². The number of rotatable bonds is 15. The maximum absolute atomic E-state index is 11.3. The third-order valence-electron chi connectivity index (χ3n) is 2.46. The average molecular weight is 322 g/mol. The number of carbonyl (C=O) groups excluding carboxylic acids is 2. The Hall–Kier alpha value is -1.22. The van der Waals surface area contributed by atoms with E-state index in [1.165, 1.54) is 0 Å². The molecule has 0 fully saturated rings. The van der Waals surface area contributed by atoms with Crippen molar-refractivity contribution in [3.63, 3.8) is 0 Å². The number of unbranched alkanes of at least 4 members (excludes halogenated alkanes) is 1. The van der Waals surface area contributed by atoms with E-state index >= 15 is 0 Å². The summed E-state index contributed by atoms with van der Waals surface area (Å²) in [5.74, 6) is -0.670. The first-order valence-electron chi connectivity index (χ1n) is 7.39. The van der Waals surface area contributed by atoms with Gasteiger partial charge in [-0.15, -0.1) is 0 Å². The quantitative estimate of drug-likeness (QED) is 0.311. The molecule has 0 bridgehead atoms. The molecular weight excluding hydrogens is 296 g/mol. The molecule has 0 aromatic rings. The molecule has 0 aliphatic rings. The van der Waals surface area contributed by atoms with Crippen LogP contribution in [-0.4, -0.2) is 75.0 Å². The topological polar surface area (TPSA) is 112 Å². The molecular formula is C14H26O8. The van der Waals surface area contributed by atoms with Gasteiger partial charge in [-0.1, -0.05) is 0 Å². The van der Waals surface area contributed by atoms with E-state index in [0.29, 0.717) is 12.8 Å². The molecule has 0 unspecified atom stereocenters. The summed E-state index contributed by atoms with van der Waals surface area (Å²) in [5, 5.41) is 16.9. The van der Waals surface area contributed by atoms with Crippen molar-refractivity contribution in [3.8, 4) is 0 Å². The lowest BCUT2D eigenvalue weighted by Crippen LogP contribution is -2.13. The van der Waals surface area contributed by atoms with E-state index in [1.54, 1.807) is 0 Å². The summed E-state index contributed by atoms with van der Waals surface area (Å²) in [7, 11) is 0. The highest BCUT2D eigenvalue weighted by Gasteiger charge is 2.06. The summed E-state index contributed by atoms with van der Waals surface area (Å²) in [6, 6.07) is 0. The van der Waals surface area contributed by atoms with Gasteiger partial charge in [-0.25, -0.2) is 0 Å². The van der Waals surface area contributed by atoms with Crippen molar-refractivity contribution in [2.45, 2.75) is 25.7 Å². The number of hydrogen-bond acceptors (Lipinski definition) is 8. The second kappa shape index (κ2) is 16.2. The molecule has 2 N–H and O–H groups in total. The van der Waals surface area contributed by atoms with Crippen molar-refractivity contribution in [1.82, 2.24) is 0 Å². The van der Waals surface area contributed by atoms with Gasteiger partial charge in [-0.3, -0.25) is 9.59 Å². The fourth-order valence-corrected chi connectivity index (χ4v) is 1.45. The molecule has 0 aliphatic carbocycles. The Balaban J connectivity index is 3.32. The van der Waals surface area contributed by atoms with E-state index in [0.717, 1.165) is 0 Å². The molecule has 0 aromatic carbocycles. The van der Waals surface area contributed by atoms with Crippen LogP contribution in [-0.2, 0) is 28.5 Å². The van der Waals surface area contributed by atoms with Crippen molar-refractivity contribution in [3.05, 3.63) is 0 Å². The summed E-state index contributed by atoms with van der Waals surface area (Å²) in [6.45, 7) is 1.18. The molecule has 130 valence electrons. The lowest BCUT2D eigenvalue weighted by atomic mass is 10.2. The van der Waals surface area contributed by atoms with Gasteiger partial charge in [0.2, 0.25) is 0 Å². The van der Waals surface area contributed by atoms with Crippen LogP contribution in [0.15, 0.2) is 0 Å². The van der Waals surface area contributed by atoms with Crippen LogP contribution >= 0.6 is 0 Å². The molecule has 0 spiro atoms. The van der Waals surface area contributed by atoms with Gasteiger partial charge in [-0.2, -0.15) is 0 Å². The third-order valence-corrected chi connectivity index (χ3v) is 2.46. The summed E-state index contributed by atoms with van der Waals surface area (Å²) in [4.78, 5) is 22.6. The van der Waals surface area contributed by atoms with Crippen LogP contribution in [0.25, 0.3) is 0 Å². The van der Waals surface area contributed by atoms with Gasteiger partial charge < -0.3 is 29.2 Å². The molecule has 0 aliphatic heterocycles. The molecule has 8 heteroatoms. The van der Waals surface area contributed by atoms with Crippen LogP contribution in [0, 0.1) is 0 Å². The van der Waals surface area contributed by atoms with Gasteiger partial charge in [0.15, 0.2) is 0 Å². The van der Waals surface area contributed by atoms with Gasteiger partial charge in [0.1, 0.15) is 13.2 Å². The second-order valence-corrected chi connectivity index (χ2v) is 4.32.